The molecule has 0 amide bonds. The van der Waals surface area contributed by atoms with Gasteiger partial charge in [0.1, 0.15) is 10.7 Å². The zero-order valence-electron chi connectivity index (χ0n) is 15.6. The number of hydrogen-bond donors (Lipinski definition) is 0. The van der Waals surface area contributed by atoms with Gasteiger partial charge in [0.2, 0.25) is 0 Å². The molecule has 1 aromatic carbocycles. The highest BCUT2D eigenvalue weighted by atomic mass is 32.2. The van der Waals surface area contributed by atoms with Crippen molar-refractivity contribution < 1.29 is 8.42 Å². The summed E-state index contributed by atoms with van der Waals surface area (Å²) >= 11 is 0. The molecule has 3 aromatic rings. The van der Waals surface area contributed by atoms with Gasteiger partial charge in [-0.15, -0.1) is 4.40 Å². The largest absolute Gasteiger partial charge is 0.354 e. The molecule has 0 bridgehead atoms. The van der Waals surface area contributed by atoms with Crippen LogP contribution in [0.15, 0.2) is 51.9 Å². The van der Waals surface area contributed by atoms with Crippen molar-refractivity contribution >= 4 is 27.3 Å². The molecule has 4 heterocycles. The zero-order chi connectivity index (χ0) is 19.5. The van der Waals surface area contributed by atoms with E-state index in [4.69, 9.17) is 0 Å². The Hall–Kier alpha value is -2.94. The van der Waals surface area contributed by atoms with Gasteiger partial charge >= 0.3 is 0 Å². The van der Waals surface area contributed by atoms with Crippen molar-refractivity contribution in [3.05, 3.63) is 53.9 Å². The maximum atomic E-state index is 12.4. The van der Waals surface area contributed by atoms with Gasteiger partial charge in [-0.25, -0.2) is 4.98 Å². The minimum absolute atomic E-state index is 0.152. The number of anilines is 1. The van der Waals surface area contributed by atoms with Gasteiger partial charge in [-0.2, -0.15) is 18.0 Å². The smallest absolute Gasteiger partial charge is 0.285 e. The van der Waals surface area contributed by atoms with Crippen LogP contribution in [0.5, 0.6) is 0 Å². The Balaban J connectivity index is 1.45. The lowest BCUT2D eigenvalue weighted by Gasteiger charge is -2.27. The third-order valence-corrected chi connectivity index (χ3v) is 6.78. The van der Waals surface area contributed by atoms with E-state index >= 15 is 0 Å². The van der Waals surface area contributed by atoms with Crippen molar-refractivity contribution in [2.24, 2.45) is 4.40 Å². The van der Waals surface area contributed by atoms with E-state index in [1.807, 2.05) is 47.7 Å². The van der Waals surface area contributed by atoms with Crippen molar-refractivity contribution in [1.82, 2.24) is 19.5 Å². The Morgan fingerprint density at radius 3 is 2.89 bits per heavy atom. The summed E-state index contributed by atoms with van der Waals surface area (Å²) in [5.41, 5.74) is 2.45. The van der Waals surface area contributed by atoms with E-state index in [1.54, 1.807) is 18.3 Å². The van der Waals surface area contributed by atoms with Gasteiger partial charge in [0.05, 0.1) is 6.20 Å². The van der Waals surface area contributed by atoms with Crippen molar-refractivity contribution in [1.29, 1.82) is 0 Å². The molecule has 144 valence electrons. The highest BCUT2D eigenvalue weighted by molar-refractivity contribution is 7.90. The standard InChI is InChI=1S/C19H20N6O2S/c1-13-11-18(25-17(21-13)7-9-20-25)24-10-8-14(12-24)23(2)19-15-5-3-4-6-16(15)28(26,27)22-19/h3-7,9,11,14H,8,10,12H2,1-2H3. The van der Waals surface area contributed by atoms with E-state index in [1.165, 1.54) is 0 Å². The molecule has 9 heteroatoms. The summed E-state index contributed by atoms with van der Waals surface area (Å²) in [5.74, 6) is 1.53. The van der Waals surface area contributed by atoms with Crippen molar-refractivity contribution in [3.63, 3.8) is 0 Å². The summed E-state index contributed by atoms with van der Waals surface area (Å²) in [6, 6.07) is 11.1. The molecule has 1 atom stereocenters. The number of benzene rings is 1. The molecule has 0 N–H and O–H groups in total. The van der Waals surface area contributed by atoms with E-state index in [2.05, 4.69) is 19.4 Å². The van der Waals surface area contributed by atoms with Gasteiger partial charge in [-0.3, -0.25) is 0 Å². The van der Waals surface area contributed by atoms with Gasteiger partial charge < -0.3 is 9.80 Å². The molecule has 1 unspecified atom stereocenters. The Bertz CT molecular complexity index is 1220. The first-order chi connectivity index (χ1) is 13.4. The minimum atomic E-state index is -3.61. The Morgan fingerprint density at radius 1 is 1.21 bits per heavy atom. The van der Waals surface area contributed by atoms with Gasteiger partial charge in [0.25, 0.3) is 10.0 Å². The topological polar surface area (TPSA) is 83.2 Å². The lowest BCUT2D eigenvalue weighted by atomic mass is 10.1. The molecular weight excluding hydrogens is 376 g/mol. The average molecular weight is 396 g/mol. The van der Waals surface area contributed by atoms with Gasteiger partial charge in [0.15, 0.2) is 11.5 Å². The first-order valence-corrected chi connectivity index (χ1v) is 10.6. The van der Waals surface area contributed by atoms with Crippen molar-refractivity contribution in [2.75, 3.05) is 25.0 Å². The maximum absolute atomic E-state index is 12.4. The Labute approximate surface area is 163 Å². The number of aryl methyl sites for hydroxylation is 1. The number of hydrogen-bond acceptors (Lipinski definition) is 6. The van der Waals surface area contributed by atoms with E-state index < -0.39 is 10.0 Å². The fourth-order valence-electron chi connectivity index (χ4n) is 4.03. The van der Waals surface area contributed by atoms with Crippen LogP contribution in [0.1, 0.15) is 17.7 Å². The molecule has 2 aliphatic rings. The third kappa shape index (κ3) is 2.57. The Morgan fingerprint density at radius 2 is 2.04 bits per heavy atom. The fraction of sp³-hybridized carbons (Fsp3) is 0.316. The first kappa shape index (κ1) is 17.2. The quantitative estimate of drug-likeness (QED) is 0.656. The number of amidine groups is 1. The third-order valence-electron chi connectivity index (χ3n) is 5.45. The highest BCUT2D eigenvalue weighted by Crippen LogP contribution is 2.30. The number of sulfonamides is 1. The summed E-state index contributed by atoms with van der Waals surface area (Å²) in [6.07, 6.45) is 2.65. The second-order valence-electron chi connectivity index (χ2n) is 7.24. The van der Waals surface area contributed by atoms with Crippen molar-refractivity contribution in [2.45, 2.75) is 24.3 Å². The summed E-state index contributed by atoms with van der Waals surface area (Å²) in [7, 11) is -1.69. The van der Waals surface area contributed by atoms with E-state index in [-0.39, 0.29) is 10.9 Å². The minimum Gasteiger partial charge on any atom is -0.354 e. The number of rotatable bonds is 2. The molecule has 8 nitrogen and oxygen atoms in total. The fourth-order valence-corrected chi connectivity index (χ4v) is 5.27. The van der Waals surface area contributed by atoms with Gasteiger partial charge in [0, 0.05) is 49.6 Å². The summed E-state index contributed by atoms with van der Waals surface area (Å²) in [5, 5.41) is 4.40. The van der Waals surface area contributed by atoms with Crippen LogP contribution in [-0.2, 0) is 10.0 Å². The molecule has 5 rings (SSSR count). The van der Waals surface area contributed by atoms with E-state index in [0.717, 1.165) is 36.7 Å². The van der Waals surface area contributed by atoms with Crippen molar-refractivity contribution in [3.8, 4) is 0 Å². The van der Waals surface area contributed by atoms with Crippen LogP contribution in [0.2, 0.25) is 0 Å². The molecule has 0 radical (unpaired) electrons. The second-order valence-corrected chi connectivity index (χ2v) is 8.82. The molecule has 28 heavy (non-hydrogen) atoms. The van der Waals surface area contributed by atoms with Gasteiger partial charge in [-0.05, 0) is 25.5 Å². The molecule has 0 aliphatic carbocycles. The molecule has 2 aliphatic heterocycles. The molecule has 1 saturated heterocycles. The van der Waals surface area contributed by atoms with E-state index in [9.17, 15) is 8.42 Å². The predicted octanol–water partition coefficient (Wildman–Crippen LogP) is 1.70. The summed E-state index contributed by atoms with van der Waals surface area (Å²) < 4.78 is 30.7. The van der Waals surface area contributed by atoms with Crippen LogP contribution in [0.3, 0.4) is 0 Å². The van der Waals surface area contributed by atoms with Crippen LogP contribution < -0.4 is 4.90 Å². The molecular formula is C19H20N6O2S. The number of fused-ring (bicyclic) bond motifs is 2. The summed E-state index contributed by atoms with van der Waals surface area (Å²) in [6.45, 7) is 3.59. The normalized spacial score (nSPS) is 20.4. The van der Waals surface area contributed by atoms with Crippen LogP contribution >= 0.6 is 0 Å². The van der Waals surface area contributed by atoms with Crippen LogP contribution in [-0.4, -0.2) is 59.9 Å². The SMILES string of the molecule is Cc1cc(N2CCC(N(C)C3=NS(=O)(=O)c4ccccc43)C2)n2nccc2n1. The second kappa shape index (κ2) is 6.03. The van der Waals surface area contributed by atoms with Gasteiger partial charge in [-0.1, -0.05) is 12.1 Å². The number of aromatic nitrogens is 3. The zero-order valence-corrected chi connectivity index (χ0v) is 16.5. The maximum Gasteiger partial charge on any atom is 0.285 e. The number of likely N-dealkylation sites (N-methyl/N-ethyl adjacent to an activating group) is 1. The highest BCUT2D eigenvalue weighted by Gasteiger charge is 2.35. The van der Waals surface area contributed by atoms with Crippen LogP contribution in [0.25, 0.3) is 5.65 Å². The monoisotopic (exact) mass is 396 g/mol. The average Bonchev–Trinajstić information content (AvgIpc) is 3.39. The lowest BCUT2D eigenvalue weighted by Crippen LogP contribution is -2.39. The molecule has 1 fully saturated rings. The van der Waals surface area contributed by atoms with Crippen LogP contribution in [0, 0.1) is 6.92 Å². The molecule has 0 saturated carbocycles. The number of nitrogens with zero attached hydrogens (tertiary/aromatic N) is 6. The van der Waals surface area contributed by atoms with Crippen LogP contribution in [0.4, 0.5) is 5.82 Å². The summed E-state index contributed by atoms with van der Waals surface area (Å²) in [4.78, 5) is 9.06. The van der Waals surface area contributed by atoms with E-state index in [0.29, 0.717) is 11.4 Å². The lowest BCUT2D eigenvalue weighted by molar-refractivity contribution is 0.393. The molecule has 2 aromatic heterocycles. The first-order valence-electron chi connectivity index (χ1n) is 9.17. The molecule has 0 spiro atoms. The predicted molar refractivity (Wildman–Crippen MR) is 106 cm³/mol. The Kier molecular flexibility index (Phi) is 3.70.